The molecule has 4 nitrogen and oxygen atoms in total. The van der Waals surface area contributed by atoms with Gasteiger partial charge in [0.1, 0.15) is 5.82 Å². The molecule has 1 aliphatic rings. The van der Waals surface area contributed by atoms with Gasteiger partial charge in [0.15, 0.2) is 0 Å². The number of hydrogen-bond acceptors (Lipinski definition) is 3. The number of thiophene rings is 1. The number of likely N-dealkylation sites (tertiary alicyclic amines) is 1. The minimum atomic E-state index is 0.147. The van der Waals surface area contributed by atoms with Crippen molar-refractivity contribution in [1.82, 2.24) is 14.9 Å². The highest BCUT2D eigenvalue weighted by Crippen LogP contribution is 2.26. The number of carbonyl (C=O) groups is 1. The second-order valence-corrected chi connectivity index (χ2v) is 5.83. The van der Waals surface area contributed by atoms with E-state index in [0.717, 1.165) is 43.0 Å². The molecule has 1 atom stereocenters. The number of aromatic nitrogens is 2. The number of carbonyl (C=O) groups excluding carboxylic acids is 1. The molecule has 0 radical (unpaired) electrons. The average Bonchev–Trinajstić information content (AvgIpc) is 3.09. The minimum Gasteiger partial charge on any atom is -0.346 e. The number of H-pyrrole nitrogens is 1. The van der Waals surface area contributed by atoms with Crippen LogP contribution in [0.25, 0.3) is 0 Å². The predicted octanol–water partition coefficient (Wildman–Crippen LogP) is 2.80. The number of nitrogens with one attached hydrogen (secondary N) is 1. The number of imidazole rings is 1. The molecule has 0 saturated carbocycles. The minimum absolute atomic E-state index is 0.147. The summed E-state index contributed by atoms with van der Waals surface area (Å²) in [6.07, 6.45) is 4.00. The van der Waals surface area contributed by atoms with Crippen molar-refractivity contribution in [3.63, 3.8) is 0 Å². The SMILES string of the molecule is Cc1cnc([C@H]2CCCN(C(=O)c3ccsc3)C2)[nH]1. The van der Waals surface area contributed by atoms with Crippen molar-refractivity contribution in [3.8, 4) is 0 Å². The van der Waals surface area contributed by atoms with Crippen molar-refractivity contribution in [2.75, 3.05) is 13.1 Å². The van der Waals surface area contributed by atoms with Crippen LogP contribution in [0.5, 0.6) is 0 Å². The highest BCUT2D eigenvalue weighted by Gasteiger charge is 2.27. The Hall–Kier alpha value is -1.62. The lowest BCUT2D eigenvalue weighted by Crippen LogP contribution is -2.39. The zero-order valence-corrected chi connectivity index (χ0v) is 11.7. The first-order chi connectivity index (χ1) is 9.24. The van der Waals surface area contributed by atoms with Crippen LogP contribution >= 0.6 is 11.3 Å². The van der Waals surface area contributed by atoms with E-state index in [1.807, 2.05) is 34.8 Å². The second kappa shape index (κ2) is 5.17. The highest BCUT2D eigenvalue weighted by atomic mass is 32.1. The lowest BCUT2D eigenvalue weighted by Gasteiger charge is -2.31. The quantitative estimate of drug-likeness (QED) is 0.916. The molecule has 1 N–H and O–H groups in total. The summed E-state index contributed by atoms with van der Waals surface area (Å²) in [5, 5.41) is 3.87. The van der Waals surface area contributed by atoms with Gasteiger partial charge in [-0.05, 0) is 31.2 Å². The van der Waals surface area contributed by atoms with Gasteiger partial charge in [-0.1, -0.05) is 0 Å². The first kappa shape index (κ1) is 12.4. The van der Waals surface area contributed by atoms with Gasteiger partial charge in [-0.3, -0.25) is 4.79 Å². The van der Waals surface area contributed by atoms with E-state index in [0.29, 0.717) is 5.92 Å². The Morgan fingerprint density at radius 3 is 3.16 bits per heavy atom. The third-order valence-electron chi connectivity index (χ3n) is 3.59. The Morgan fingerprint density at radius 2 is 2.47 bits per heavy atom. The molecule has 0 spiro atoms. The number of aryl methyl sites for hydroxylation is 1. The van der Waals surface area contributed by atoms with E-state index in [4.69, 9.17) is 0 Å². The third-order valence-corrected chi connectivity index (χ3v) is 4.27. The molecule has 0 unspecified atom stereocenters. The standard InChI is InChI=1S/C14H17N3OS/c1-10-7-15-13(16-10)11-3-2-5-17(8-11)14(18)12-4-6-19-9-12/h4,6-7,9,11H,2-3,5,8H2,1H3,(H,15,16)/t11-/m0/s1. The fourth-order valence-electron chi connectivity index (χ4n) is 2.59. The molecule has 0 aromatic carbocycles. The van der Waals surface area contributed by atoms with E-state index < -0.39 is 0 Å². The number of hydrogen-bond donors (Lipinski definition) is 1. The number of amides is 1. The summed E-state index contributed by atoms with van der Waals surface area (Å²) in [7, 11) is 0. The van der Waals surface area contributed by atoms with Gasteiger partial charge in [-0.25, -0.2) is 4.98 Å². The van der Waals surface area contributed by atoms with Gasteiger partial charge in [0.25, 0.3) is 5.91 Å². The molecule has 1 fully saturated rings. The largest absolute Gasteiger partial charge is 0.346 e. The van der Waals surface area contributed by atoms with Crippen LogP contribution in [-0.4, -0.2) is 33.9 Å². The van der Waals surface area contributed by atoms with Crippen molar-refractivity contribution in [3.05, 3.63) is 40.1 Å². The molecule has 1 amide bonds. The molecule has 19 heavy (non-hydrogen) atoms. The van der Waals surface area contributed by atoms with Gasteiger partial charge < -0.3 is 9.88 Å². The van der Waals surface area contributed by atoms with Crippen molar-refractivity contribution in [2.24, 2.45) is 0 Å². The van der Waals surface area contributed by atoms with Crippen LogP contribution in [0, 0.1) is 6.92 Å². The maximum Gasteiger partial charge on any atom is 0.254 e. The average molecular weight is 275 g/mol. The molecule has 100 valence electrons. The van der Waals surface area contributed by atoms with Crippen LogP contribution in [0.4, 0.5) is 0 Å². The van der Waals surface area contributed by atoms with Crippen molar-refractivity contribution in [2.45, 2.75) is 25.7 Å². The predicted molar refractivity (Wildman–Crippen MR) is 75.5 cm³/mol. The number of nitrogens with zero attached hydrogens (tertiary/aromatic N) is 2. The summed E-state index contributed by atoms with van der Waals surface area (Å²) in [4.78, 5) is 22.0. The topological polar surface area (TPSA) is 49.0 Å². The maximum absolute atomic E-state index is 12.3. The van der Waals surface area contributed by atoms with Gasteiger partial charge in [0.05, 0.1) is 5.56 Å². The zero-order valence-electron chi connectivity index (χ0n) is 10.9. The molecular formula is C14H17N3OS. The third kappa shape index (κ3) is 2.56. The summed E-state index contributed by atoms with van der Waals surface area (Å²) >= 11 is 1.57. The van der Waals surface area contributed by atoms with Crippen LogP contribution in [-0.2, 0) is 0 Å². The van der Waals surface area contributed by atoms with Crippen LogP contribution in [0.3, 0.4) is 0 Å². The molecule has 1 aliphatic heterocycles. The van der Waals surface area contributed by atoms with E-state index in [1.165, 1.54) is 0 Å². The maximum atomic E-state index is 12.3. The van der Waals surface area contributed by atoms with Gasteiger partial charge in [0.2, 0.25) is 0 Å². The molecule has 1 saturated heterocycles. The Balaban J connectivity index is 1.73. The fraction of sp³-hybridized carbons (Fsp3) is 0.429. The van der Waals surface area contributed by atoms with Crippen molar-refractivity contribution < 1.29 is 4.79 Å². The Morgan fingerprint density at radius 1 is 1.58 bits per heavy atom. The van der Waals surface area contributed by atoms with E-state index in [2.05, 4.69) is 9.97 Å². The molecule has 3 heterocycles. The molecule has 2 aromatic rings. The smallest absolute Gasteiger partial charge is 0.254 e. The summed E-state index contributed by atoms with van der Waals surface area (Å²) in [6, 6.07) is 1.90. The molecular weight excluding hydrogens is 258 g/mol. The second-order valence-electron chi connectivity index (χ2n) is 5.05. The normalized spacial score (nSPS) is 19.6. The van der Waals surface area contributed by atoms with Crippen LogP contribution in [0.2, 0.25) is 0 Å². The van der Waals surface area contributed by atoms with Crippen molar-refractivity contribution in [1.29, 1.82) is 0 Å². The first-order valence-corrected chi connectivity index (χ1v) is 7.51. The molecule has 2 aromatic heterocycles. The summed E-state index contributed by atoms with van der Waals surface area (Å²) in [6.45, 7) is 3.63. The van der Waals surface area contributed by atoms with Crippen LogP contribution in [0.15, 0.2) is 23.0 Å². The molecule has 0 aliphatic carbocycles. The Bertz CT molecular complexity index is 561. The Kier molecular flexibility index (Phi) is 3.38. The van der Waals surface area contributed by atoms with E-state index in [1.54, 1.807) is 11.3 Å². The van der Waals surface area contributed by atoms with Crippen LogP contribution < -0.4 is 0 Å². The summed E-state index contributed by atoms with van der Waals surface area (Å²) < 4.78 is 0. The van der Waals surface area contributed by atoms with Gasteiger partial charge in [0, 0.05) is 36.3 Å². The van der Waals surface area contributed by atoms with Gasteiger partial charge in [-0.15, -0.1) is 0 Å². The molecule has 0 bridgehead atoms. The highest BCUT2D eigenvalue weighted by molar-refractivity contribution is 7.08. The van der Waals surface area contributed by atoms with Gasteiger partial charge in [-0.2, -0.15) is 11.3 Å². The van der Waals surface area contributed by atoms with Crippen LogP contribution in [0.1, 0.15) is 40.6 Å². The fourth-order valence-corrected chi connectivity index (χ4v) is 3.22. The van der Waals surface area contributed by atoms with Crippen molar-refractivity contribution >= 4 is 17.2 Å². The lowest BCUT2D eigenvalue weighted by molar-refractivity contribution is 0.0705. The Labute approximate surface area is 116 Å². The van der Waals surface area contributed by atoms with Gasteiger partial charge >= 0.3 is 0 Å². The molecule has 5 heteroatoms. The monoisotopic (exact) mass is 275 g/mol. The summed E-state index contributed by atoms with van der Waals surface area (Å²) in [5.74, 6) is 1.50. The first-order valence-electron chi connectivity index (χ1n) is 6.57. The number of rotatable bonds is 2. The number of aromatic amines is 1. The lowest BCUT2D eigenvalue weighted by atomic mass is 9.97. The summed E-state index contributed by atoms with van der Waals surface area (Å²) in [5.41, 5.74) is 1.89. The van der Waals surface area contributed by atoms with E-state index in [9.17, 15) is 4.79 Å². The van der Waals surface area contributed by atoms with E-state index >= 15 is 0 Å². The van der Waals surface area contributed by atoms with E-state index in [-0.39, 0.29) is 5.91 Å². The number of piperidine rings is 1. The molecule has 3 rings (SSSR count). The zero-order chi connectivity index (χ0) is 13.2.